The normalized spacial score (nSPS) is 14.1. The van der Waals surface area contributed by atoms with Crippen LogP contribution in [0.25, 0.3) is 34.1 Å². The number of fused-ring (bicyclic) bond motifs is 1. The second-order valence-electron chi connectivity index (χ2n) is 10.3. The Morgan fingerprint density at radius 3 is 2.41 bits per heavy atom. The molecule has 3 heterocycles. The van der Waals surface area contributed by atoms with Crippen molar-refractivity contribution in [2.75, 3.05) is 20.2 Å². The Balaban J connectivity index is 1.25. The first-order chi connectivity index (χ1) is 21.3. The quantitative estimate of drug-likeness (QED) is 0.211. The Morgan fingerprint density at radius 1 is 0.977 bits per heavy atom. The number of nitrogens with one attached hydrogen (secondary N) is 1. The van der Waals surface area contributed by atoms with Crippen molar-refractivity contribution in [1.29, 1.82) is 0 Å². The molecule has 1 aliphatic heterocycles. The molecule has 3 aromatic carbocycles. The van der Waals surface area contributed by atoms with E-state index in [2.05, 4.69) is 5.32 Å². The number of nitrogens with zero attached hydrogens (tertiary/aromatic N) is 4. The van der Waals surface area contributed by atoms with Crippen LogP contribution in [0.2, 0.25) is 0 Å². The Kier molecular flexibility index (Phi) is 7.99. The highest BCUT2D eigenvalue weighted by Gasteiger charge is 2.34. The third-order valence-corrected chi connectivity index (χ3v) is 8.22. The minimum atomic E-state index is -0.391. The number of rotatable bonds is 8. The van der Waals surface area contributed by atoms with Crippen LogP contribution in [0.5, 0.6) is 5.75 Å². The Morgan fingerprint density at radius 2 is 1.70 bits per heavy atom. The maximum absolute atomic E-state index is 13.7. The predicted octanol–water partition coefficient (Wildman–Crippen LogP) is 6.18. The molecule has 0 unspecified atom stereocenters. The van der Waals surface area contributed by atoms with Crippen LogP contribution in [-0.2, 0) is 4.79 Å². The van der Waals surface area contributed by atoms with Gasteiger partial charge in [-0.2, -0.15) is 5.10 Å². The van der Waals surface area contributed by atoms with Gasteiger partial charge in [-0.3, -0.25) is 19.3 Å². The molecule has 0 bridgehead atoms. The molecule has 6 rings (SSSR count). The number of methoxy groups -OCH3 is 1. The van der Waals surface area contributed by atoms with E-state index in [9.17, 15) is 14.4 Å². The molecule has 9 nitrogen and oxygen atoms in total. The first kappa shape index (κ1) is 28.9. The monoisotopic (exact) mass is 603 g/mol. The van der Waals surface area contributed by atoms with E-state index in [1.165, 1.54) is 0 Å². The lowest BCUT2D eigenvalue weighted by atomic mass is 10.0. The molecule has 0 atom stereocenters. The number of hydrogen-bond donors (Lipinski definition) is 1. The van der Waals surface area contributed by atoms with Crippen molar-refractivity contribution in [2.24, 2.45) is 0 Å². The van der Waals surface area contributed by atoms with Gasteiger partial charge in [0.05, 0.1) is 40.0 Å². The van der Waals surface area contributed by atoms with Crippen molar-refractivity contribution >= 4 is 45.9 Å². The summed E-state index contributed by atoms with van der Waals surface area (Å²) in [6.45, 7) is 3.99. The summed E-state index contributed by atoms with van der Waals surface area (Å²) in [7, 11) is 1.58. The molecule has 0 radical (unpaired) electrons. The van der Waals surface area contributed by atoms with E-state index in [4.69, 9.17) is 14.8 Å². The van der Waals surface area contributed by atoms with Gasteiger partial charge in [-0.1, -0.05) is 60.2 Å². The number of imide groups is 1. The van der Waals surface area contributed by atoms with Gasteiger partial charge in [-0.15, -0.1) is 0 Å². The molecule has 0 aliphatic carbocycles. The van der Waals surface area contributed by atoms with Crippen LogP contribution in [0.1, 0.15) is 27.2 Å². The Bertz CT molecular complexity index is 1920. The van der Waals surface area contributed by atoms with Crippen LogP contribution >= 0.6 is 11.8 Å². The minimum absolute atomic E-state index is 0.0394. The van der Waals surface area contributed by atoms with E-state index in [1.54, 1.807) is 36.1 Å². The lowest BCUT2D eigenvalue weighted by molar-refractivity contribution is -0.122. The number of aromatic nitrogens is 3. The summed E-state index contributed by atoms with van der Waals surface area (Å²) in [5, 5.41) is 7.91. The van der Waals surface area contributed by atoms with E-state index < -0.39 is 5.91 Å². The molecule has 0 spiro atoms. The van der Waals surface area contributed by atoms with Crippen LogP contribution < -0.4 is 10.1 Å². The average molecular weight is 604 g/mol. The third-order valence-electron chi connectivity index (χ3n) is 7.31. The molecule has 2 aromatic heterocycles. The number of carbonyl (C=O) groups is 3. The van der Waals surface area contributed by atoms with Crippen LogP contribution in [0, 0.1) is 13.8 Å². The summed E-state index contributed by atoms with van der Waals surface area (Å²) >= 11 is 0.882. The fourth-order valence-corrected chi connectivity index (χ4v) is 5.88. The minimum Gasteiger partial charge on any atom is -0.497 e. The fourth-order valence-electron chi connectivity index (χ4n) is 5.01. The Hall–Kier alpha value is -5.22. The maximum Gasteiger partial charge on any atom is 0.293 e. The van der Waals surface area contributed by atoms with Gasteiger partial charge in [-0.05, 0) is 67.6 Å². The molecule has 44 heavy (non-hydrogen) atoms. The fraction of sp³-hybridized carbons (Fsp3) is 0.147. The number of aryl methyl sites for hydroxylation is 2. The van der Waals surface area contributed by atoms with E-state index in [1.807, 2.05) is 80.6 Å². The number of ether oxygens (including phenoxy) is 1. The second kappa shape index (κ2) is 12.2. The van der Waals surface area contributed by atoms with Gasteiger partial charge in [-0.25, -0.2) is 9.67 Å². The average Bonchev–Trinajstić information content (AvgIpc) is 3.52. The van der Waals surface area contributed by atoms with Gasteiger partial charge in [0.25, 0.3) is 17.1 Å². The summed E-state index contributed by atoms with van der Waals surface area (Å²) in [6, 6.07) is 26.6. The topological polar surface area (TPSA) is 106 Å². The van der Waals surface area contributed by atoms with Crippen molar-refractivity contribution in [3.63, 3.8) is 0 Å². The molecular weight excluding hydrogens is 574 g/mol. The number of carbonyl (C=O) groups excluding carboxylic acids is 3. The molecule has 220 valence electrons. The van der Waals surface area contributed by atoms with Gasteiger partial charge in [0.15, 0.2) is 5.65 Å². The standard InChI is InChI=1S/C34H29N5O4S/c1-21-9-13-25(14-10-21)39-31-30(22(2)37-39)27(20-28(36-31)24-7-5-4-6-8-24)32(40)35-17-18-38-33(41)29(44-34(38)42)19-23-11-15-26(43-3)16-12-23/h4-16,19-20H,17-18H2,1-3H3,(H,35,40). The van der Waals surface area contributed by atoms with Crippen molar-refractivity contribution in [3.8, 4) is 22.7 Å². The van der Waals surface area contributed by atoms with E-state index in [0.29, 0.717) is 38.6 Å². The van der Waals surface area contributed by atoms with Gasteiger partial charge in [0, 0.05) is 18.7 Å². The smallest absolute Gasteiger partial charge is 0.293 e. The van der Waals surface area contributed by atoms with Crippen molar-refractivity contribution < 1.29 is 19.1 Å². The van der Waals surface area contributed by atoms with Crippen LogP contribution in [-0.4, -0.2) is 56.9 Å². The van der Waals surface area contributed by atoms with Crippen LogP contribution in [0.3, 0.4) is 0 Å². The van der Waals surface area contributed by atoms with Crippen molar-refractivity contribution in [1.82, 2.24) is 25.0 Å². The SMILES string of the molecule is COc1ccc(C=C2SC(=O)N(CCNC(=O)c3cc(-c4ccccc4)nc4c3c(C)nn4-c3ccc(C)cc3)C2=O)cc1. The highest BCUT2D eigenvalue weighted by molar-refractivity contribution is 8.18. The maximum atomic E-state index is 13.7. The molecule has 0 saturated carbocycles. The summed E-state index contributed by atoms with van der Waals surface area (Å²) in [6.07, 6.45) is 1.68. The Labute approximate surface area is 258 Å². The largest absolute Gasteiger partial charge is 0.497 e. The highest BCUT2D eigenvalue weighted by atomic mass is 32.2. The lowest BCUT2D eigenvalue weighted by Crippen LogP contribution is -2.37. The number of hydrogen-bond acceptors (Lipinski definition) is 7. The molecule has 1 saturated heterocycles. The van der Waals surface area contributed by atoms with E-state index >= 15 is 0 Å². The summed E-state index contributed by atoms with van der Waals surface area (Å²) in [5.74, 6) is -0.0362. The van der Waals surface area contributed by atoms with Gasteiger partial charge >= 0.3 is 0 Å². The van der Waals surface area contributed by atoms with Gasteiger partial charge in [0.1, 0.15) is 5.75 Å². The molecule has 3 amide bonds. The van der Waals surface area contributed by atoms with Crippen LogP contribution in [0.15, 0.2) is 89.8 Å². The van der Waals surface area contributed by atoms with Crippen molar-refractivity contribution in [3.05, 3.63) is 112 Å². The van der Waals surface area contributed by atoms with Gasteiger partial charge < -0.3 is 10.1 Å². The highest BCUT2D eigenvalue weighted by Crippen LogP contribution is 2.32. The summed E-state index contributed by atoms with van der Waals surface area (Å²) in [4.78, 5) is 45.8. The zero-order chi connectivity index (χ0) is 30.8. The van der Waals surface area contributed by atoms with E-state index in [0.717, 1.165) is 39.0 Å². The molecular formula is C34H29N5O4S. The second-order valence-corrected chi connectivity index (χ2v) is 11.3. The predicted molar refractivity (Wildman–Crippen MR) is 172 cm³/mol. The molecule has 10 heteroatoms. The molecule has 1 N–H and O–H groups in total. The zero-order valence-corrected chi connectivity index (χ0v) is 25.2. The number of pyridine rings is 1. The summed E-state index contributed by atoms with van der Waals surface area (Å²) < 4.78 is 6.93. The van der Waals surface area contributed by atoms with Crippen molar-refractivity contribution in [2.45, 2.75) is 13.8 Å². The van der Waals surface area contributed by atoms with Gasteiger partial charge in [0.2, 0.25) is 0 Å². The molecule has 5 aromatic rings. The van der Waals surface area contributed by atoms with Crippen LogP contribution in [0.4, 0.5) is 4.79 Å². The lowest BCUT2D eigenvalue weighted by Gasteiger charge is -2.14. The number of benzene rings is 3. The third kappa shape index (κ3) is 5.71. The first-order valence-electron chi connectivity index (χ1n) is 14.0. The summed E-state index contributed by atoms with van der Waals surface area (Å²) in [5.41, 5.74) is 5.86. The zero-order valence-electron chi connectivity index (χ0n) is 24.4. The van der Waals surface area contributed by atoms with E-state index in [-0.39, 0.29) is 24.2 Å². The molecule has 1 fully saturated rings. The number of thioether (sulfide) groups is 1. The number of amides is 3. The molecule has 1 aliphatic rings. The first-order valence-corrected chi connectivity index (χ1v) is 14.8.